The molecule has 7 heteroatoms. The summed E-state index contributed by atoms with van der Waals surface area (Å²) in [5, 5.41) is 13.5. The maximum atomic E-state index is 11.3. The Morgan fingerprint density at radius 3 is 2.88 bits per heavy atom. The molecule has 1 N–H and O–H groups in total. The molecule has 0 spiro atoms. The van der Waals surface area contributed by atoms with Crippen molar-refractivity contribution < 1.29 is 14.3 Å². The lowest BCUT2D eigenvalue weighted by Crippen LogP contribution is -2.04. The second kappa shape index (κ2) is 5.31. The number of carbonyl (C=O) groups is 1. The van der Waals surface area contributed by atoms with E-state index in [1.807, 2.05) is 31.2 Å². The minimum Gasteiger partial charge on any atom is -0.476 e. The highest BCUT2D eigenvalue weighted by atomic mass is 16.4. The molecule has 0 saturated heterocycles. The number of benzene rings is 1. The molecule has 0 atom stereocenters. The minimum atomic E-state index is -1.09. The van der Waals surface area contributed by atoms with E-state index in [9.17, 15) is 9.90 Å². The largest absolute Gasteiger partial charge is 0.476 e. The highest BCUT2D eigenvalue weighted by molar-refractivity contribution is 5.88. The number of carboxylic acid groups (broad SMARTS) is 1. The van der Waals surface area contributed by atoms with Gasteiger partial charge in [-0.25, -0.2) is 19.4 Å². The van der Waals surface area contributed by atoms with Crippen molar-refractivity contribution in [2.75, 3.05) is 0 Å². The van der Waals surface area contributed by atoms with Gasteiger partial charge in [-0.05, 0) is 37.3 Å². The molecule has 0 unspecified atom stereocenters. The van der Waals surface area contributed by atoms with E-state index in [0.29, 0.717) is 17.1 Å². The smallest absolute Gasteiger partial charge is 0.356 e. The molecule has 7 nitrogen and oxygen atoms in total. The average molecular weight is 320 g/mol. The van der Waals surface area contributed by atoms with Gasteiger partial charge in [-0.1, -0.05) is 12.1 Å². The van der Waals surface area contributed by atoms with E-state index >= 15 is 0 Å². The topological polar surface area (TPSA) is 94.0 Å². The number of oxazole rings is 1. The third-order valence-electron chi connectivity index (χ3n) is 3.65. The fraction of sp³-hybridized carbons (Fsp3) is 0.0588. The maximum Gasteiger partial charge on any atom is 0.356 e. The van der Waals surface area contributed by atoms with Crippen molar-refractivity contribution in [2.45, 2.75) is 6.92 Å². The Kier molecular flexibility index (Phi) is 3.13. The number of aromatic carboxylic acids is 1. The van der Waals surface area contributed by atoms with Crippen LogP contribution in [0.5, 0.6) is 0 Å². The van der Waals surface area contributed by atoms with Gasteiger partial charge in [0.1, 0.15) is 5.52 Å². The lowest BCUT2D eigenvalue weighted by molar-refractivity contribution is 0.0690. The van der Waals surface area contributed by atoms with Crippen LogP contribution in [0.2, 0.25) is 0 Å². The van der Waals surface area contributed by atoms with Gasteiger partial charge >= 0.3 is 5.97 Å². The van der Waals surface area contributed by atoms with Crippen LogP contribution in [-0.2, 0) is 0 Å². The molecule has 0 radical (unpaired) electrons. The summed E-state index contributed by atoms with van der Waals surface area (Å²) in [6.45, 7) is 1.87. The second-order valence-corrected chi connectivity index (χ2v) is 5.30. The molecule has 3 aromatic heterocycles. The van der Waals surface area contributed by atoms with Crippen LogP contribution in [0.3, 0.4) is 0 Å². The highest BCUT2D eigenvalue weighted by Gasteiger charge is 2.17. The Morgan fingerprint density at radius 2 is 2.08 bits per heavy atom. The normalized spacial score (nSPS) is 11.0. The van der Waals surface area contributed by atoms with Crippen molar-refractivity contribution in [3.63, 3.8) is 0 Å². The summed E-state index contributed by atoms with van der Waals surface area (Å²) in [6.07, 6.45) is 1.37. The van der Waals surface area contributed by atoms with Gasteiger partial charge in [0.2, 0.25) is 0 Å². The predicted molar refractivity (Wildman–Crippen MR) is 86.1 cm³/mol. The summed E-state index contributed by atoms with van der Waals surface area (Å²) in [5.74, 6) is -0.543. The van der Waals surface area contributed by atoms with Gasteiger partial charge in [0.15, 0.2) is 23.5 Å². The van der Waals surface area contributed by atoms with E-state index in [-0.39, 0.29) is 5.69 Å². The van der Waals surface area contributed by atoms with Crippen LogP contribution in [0.15, 0.2) is 53.3 Å². The Balaban J connectivity index is 1.94. The molecule has 3 heterocycles. The Morgan fingerprint density at radius 1 is 1.21 bits per heavy atom. The number of carboxylic acids is 1. The number of aromatic nitrogens is 4. The zero-order chi connectivity index (χ0) is 16.7. The highest BCUT2D eigenvalue weighted by Crippen LogP contribution is 2.26. The van der Waals surface area contributed by atoms with E-state index in [1.54, 1.807) is 12.1 Å². The van der Waals surface area contributed by atoms with Crippen LogP contribution in [0.1, 0.15) is 16.2 Å². The van der Waals surface area contributed by atoms with Crippen LogP contribution in [-0.4, -0.2) is 30.8 Å². The molecule has 4 rings (SSSR count). The molecular formula is C17H12N4O3. The average Bonchev–Trinajstić information content (AvgIpc) is 3.21. The second-order valence-electron chi connectivity index (χ2n) is 5.30. The number of hydrogen-bond donors (Lipinski definition) is 1. The number of rotatable bonds is 3. The summed E-state index contributed by atoms with van der Waals surface area (Å²) >= 11 is 0. The van der Waals surface area contributed by atoms with Crippen LogP contribution in [0.25, 0.3) is 28.2 Å². The lowest BCUT2D eigenvalue weighted by atomic mass is 10.1. The summed E-state index contributed by atoms with van der Waals surface area (Å²) in [5.41, 5.74) is 3.50. The van der Waals surface area contributed by atoms with E-state index in [2.05, 4.69) is 15.1 Å². The van der Waals surface area contributed by atoms with Crippen molar-refractivity contribution in [1.29, 1.82) is 0 Å². The Labute approximate surface area is 136 Å². The first-order valence-electron chi connectivity index (χ1n) is 7.23. The first-order chi connectivity index (χ1) is 11.6. The third kappa shape index (κ3) is 2.32. The van der Waals surface area contributed by atoms with E-state index in [1.165, 1.54) is 17.1 Å². The molecule has 0 aliphatic carbocycles. The Bertz CT molecular complexity index is 1060. The van der Waals surface area contributed by atoms with Gasteiger partial charge in [0.05, 0.1) is 5.69 Å². The third-order valence-corrected chi connectivity index (χ3v) is 3.65. The first kappa shape index (κ1) is 14.1. The molecule has 1 aromatic carbocycles. The molecule has 0 amide bonds. The number of fused-ring (bicyclic) bond motifs is 1. The molecule has 4 aromatic rings. The van der Waals surface area contributed by atoms with Gasteiger partial charge in [-0.3, -0.25) is 0 Å². The molecule has 0 saturated carbocycles. The van der Waals surface area contributed by atoms with Crippen molar-refractivity contribution in [2.24, 2.45) is 0 Å². The molecule has 0 fully saturated rings. The van der Waals surface area contributed by atoms with Crippen LogP contribution >= 0.6 is 0 Å². The van der Waals surface area contributed by atoms with E-state index < -0.39 is 5.97 Å². The molecule has 118 valence electrons. The summed E-state index contributed by atoms with van der Waals surface area (Å²) < 4.78 is 6.85. The van der Waals surface area contributed by atoms with Crippen LogP contribution in [0.4, 0.5) is 0 Å². The lowest BCUT2D eigenvalue weighted by Gasteiger charge is -2.07. The van der Waals surface area contributed by atoms with E-state index in [0.717, 1.165) is 16.8 Å². The van der Waals surface area contributed by atoms with Gasteiger partial charge in [-0.2, -0.15) is 5.10 Å². The molecule has 0 bridgehead atoms. The Hall–Kier alpha value is -3.48. The number of hydrogen-bond acceptors (Lipinski definition) is 5. The van der Waals surface area contributed by atoms with Gasteiger partial charge in [-0.15, -0.1) is 0 Å². The number of nitrogens with zero attached hydrogens (tertiary/aromatic N) is 4. The monoisotopic (exact) mass is 320 g/mol. The fourth-order valence-electron chi connectivity index (χ4n) is 2.53. The van der Waals surface area contributed by atoms with Crippen LogP contribution < -0.4 is 0 Å². The fourth-order valence-corrected chi connectivity index (χ4v) is 2.53. The SMILES string of the molecule is Cc1cccc(-n2nc(C(=O)O)cc2-c2ccc3ncoc3c2)n1. The van der Waals surface area contributed by atoms with Crippen LogP contribution in [0, 0.1) is 6.92 Å². The number of aryl methyl sites for hydroxylation is 1. The summed E-state index contributed by atoms with van der Waals surface area (Å²) in [6, 6.07) is 12.5. The van der Waals surface area contributed by atoms with Crippen molar-refractivity contribution in [1.82, 2.24) is 19.7 Å². The summed E-state index contributed by atoms with van der Waals surface area (Å²) in [7, 11) is 0. The van der Waals surface area contributed by atoms with Gasteiger partial charge < -0.3 is 9.52 Å². The molecular weight excluding hydrogens is 308 g/mol. The first-order valence-corrected chi connectivity index (χ1v) is 7.23. The quantitative estimate of drug-likeness (QED) is 0.623. The van der Waals surface area contributed by atoms with Gasteiger partial charge in [0.25, 0.3) is 0 Å². The zero-order valence-electron chi connectivity index (χ0n) is 12.7. The van der Waals surface area contributed by atoms with Gasteiger partial charge in [0, 0.05) is 11.3 Å². The van der Waals surface area contributed by atoms with Crippen molar-refractivity contribution in [3.05, 3.63) is 60.2 Å². The summed E-state index contributed by atoms with van der Waals surface area (Å²) in [4.78, 5) is 19.9. The molecule has 24 heavy (non-hydrogen) atoms. The molecule has 0 aliphatic rings. The molecule has 0 aliphatic heterocycles. The zero-order valence-corrected chi connectivity index (χ0v) is 12.7. The van der Waals surface area contributed by atoms with Crippen molar-refractivity contribution in [3.8, 4) is 17.1 Å². The standard InChI is InChI=1S/C17H12N4O3/c1-10-3-2-4-16(19-10)21-14(8-13(20-21)17(22)23)11-5-6-12-15(7-11)24-9-18-12/h2-9H,1H3,(H,22,23). The van der Waals surface area contributed by atoms with Crippen molar-refractivity contribution >= 4 is 17.1 Å². The number of pyridine rings is 1. The minimum absolute atomic E-state index is 0.0500. The maximum absolute atomic E-state index is 11.3. The van der Waals surface area contributed by atoms with E-state index in [4.69, 9.17) is 4.42 Å². The predicted octanol–water partition coefficient (Wildman–Crippen LogP) is 3.08.